The van der Waals surface area contributed by atoms with Gasteiger partial charge in [0.1, 0.15) is 17.3 Å². The number of rotatable bonds is 4. The number of nitrogen functional groups attached to an aromatic ring is 1. The number of hydrogen-bond acceptors (Lipinski definition) is 2. The van der Waals surface area contributed by atoms with Crippen LogP contribution in [0.25, 0.3) is 11.3 Å². The van der Waals surface area contributed by atoms with Gasteiger partial charge in [-0.1, -0.05) is 41.9 Å². The minimum absolute atomic E-state index is 0.774. The van der Waals surface area contributed by atoms with Gasteiger partial charge in [-0.2, -0.15) is 0 Å². The lowest BCUT2D eigenvalue weighted by Gasteiger charge is -2.06. The second-order valence-electron chi connectivity index (χ2n) is 4.27. The highest BCUT2D eigenvalue weighted by Gasteiger charge is 2.14. The largest absolute Gasteiger partial charge is 0.383 e. The SMILES string of the molecule is CCCn1c(CC)nc(-c2ccc(Br)cc2)c1N. The van der Waals surface area contributed by atoms with Crippen LogP contribution in [-0.4, -0.2) is 9.55 Å². The van der Waals surface area contributed by atoms with Crippen molar-refractivity contribution in [3.63, 3.8) is 0 Å². The van der Waals surface area contributed by atoms with E-state index in [4.69, 9.17) is 5.73 Å². The second kappa shape index (κ2) is 5.57. The van der Waals surface area contributed by atoms with Crippen molar-refractivity contribution in [1.29, 1.82) is 0 Å². The zero-order chi connectivity index (χ0) is 13.1. The molecule has 1 aromatic heterocycles. The second-order valence-corrected chi connectivity index (χ2v) is 5.19. The summed E-state index contributed by atoms with van der Waals surface area (Å²) in [5.74, 6) is 1.84. The van der Waals surface area contributed by atoms with E-state index in [0.29, 0.717) is 0 Å². The number of halogens is 1. The fourth-order valence-electron chi connectivity index (χ4n) is 2.08. The zero-order valence-corrected chi connectivity index (χ0v) is 12.4. The molecule has 0 saturated carbocycles. The maximum atomic E-state index is 6.22. The highest BCUT2D eigenvalue weighted by Crippen LogP contribution is 2.28. The zero-order valence-electron chi connectivity index (χ0n) is 10.8. The van der Waals surface area contributed by atoms with Crippen LogP contribution in [0, 0.1) is 0 Å². The van der Waals surface area contributed by atoms with Crippen molar-refractivity contribution in [2.24, 2.45) is 0 Å². The van der Waals surface area contributed by atoms with Crippen LogP contribution >= 0.6 is 15.9 Å². The first-order valence-electron chi connectivity index (χ1n) is 6.28. The fraction of sp³-hybridized carbons (Fsp3) is 0.357. The van der Waals surface area contributed by atoms with E-state index in [0.717, 1.165) is 46.8 Å². The molecule has 0 aliphatic rings. The number of benzene rings is 1. The van der Waals surface area contributed by atoms with E-state index < -0.39 is 0 Å². The lowest BCUT2D eigenvalue weighted by Crippen LogP contribution is -2.06. The van der Waals surface area contributed by atoms with Crippen LogP contribution in [0.3, 0.4) is 0 Å². The summed E-state index contributed by atoms with van der Waals surface area (Å²) in [7, 11) is 0. The third-order valence-corrected chi connectivity index (χ3v) is 3.50. The maximum absolute atomic E-state index is 6.22. The Bertz CT molecular complexity index is 529. The van der Waals surface area contributed by atoms with Crippen molar-refractivity contribution in [2.75, 3.05) is 5.73 Å². The molecule has 3 nitrogen and oxygen atoms in total. The number of hydrogen-bond donors (Lipinski definition) is 1. The van der Waals surface area contributed by atoms with Crippen molar-refractivity contribution in [1.82, 2.24) is 9.55 Å². The molecule has 0 unspecified atom stereocenters. The lowest BCUT2D eigenvalue weighted by molar-refractivity contribution is 0.650. The Kier molecular flexibility index (Phi) is 4.07. The van der Waals surface area contributed by atoms with Gasteiger partial charge in [-0.3, -0.25) is 0 Å². The van der Waals surface area contributed by atoms with Crippen molar-refractivity contribution < 1.29 is 0 Å². The van der Waals surface area contributed by atoms with Gasteiger partial charge in [0.2, 0.25) is 0 Å². The Labute approximate surface area is 116 Å². The summed E-state index contributed by atoms with van der Waals surface area (Å²) in [5.41, 5.74) is 8.19. The van der Waals surface area contributed by atoms with Gasteiger partial charge in [-0.15, -0.1) is 0 Å². The third kappa shape index (κ3) is 2.43. The van der Waals surface area contributed by atoms with Crippen molar-refractivity contribution >= 4 is 21.7 Å². The number of aryl methyl sites for hydroxylation is 1. The van der Waals surface area contributed by atoms with Gasteiger partial charge in [0.25, 0.3) is 0 Å². The Morgan fingerprint density at radius 1 is 1.22 bits per heavy atom. The topological polar surface area (TPSA) is 43.8 Å². The molecule has 1 heterocycles. The van der Waals surface area contributed by atoms with Gasteiger partial charge in [0.15, 0.2) is 0 Å². The Hall–Kier alpha value is -1.29. The molecule has 2 rings (SSSR count). The van der Waals surface area contributed by atoms with Crippen LogP contribution in [0.4, 0.5) is 5.82 Å². The summed E-state index contributed by atoms with van der Waals surface area (Å²) in [6.07, 6.45) is 1.97. The molecule has 0 aliphatic carbocycles. The summed E-state index contributed by atoms with van der Waals surface area (Å²) in [4.78, 5) is 4.67. The predicted molar refractivity (Wildman–Crippen MR) is 79.4 cm³/mol. The average Bonchev–Trinajstić information content (AvgIpc) is 2.69. The average molecular weight is 308 g/mol. The quantitative estimate of drug-likeness (QED) is 0.932. The van der Waals surface area contributed by atoms with E-state index in [1.807, 2.05) is 24.3 Å². The van der Waals surface area contributed by atoms with E-state index in [2.05, 4.69) is 39.3 Å². The van der Waals surface area contributed by atoms with Crippen LogP contribution in [0.2, 0.25) is 0 Å². The maximum Gasteiger partial charge on any atom is 0.131 e. The molecule has 0 fully saturated rings. The van der Waals surface area contributed by atoms with Gasteiger partial charge in [-0.25, -0.2) is 4.98 Å². The minimum Gasteiger partial charge on any atom is -0.383 e. The minimum atomic E-state index is 0.774. The van der Waals surface area contributed by atoms with Crippen LogP contribution in [-0.2, 0) is 13.0 Å². The number of nitrogens with two attached hydrogens (primary N) is 1. The molecule has 0 bridgehead atoms. The molecule has 96 valence electrons. The lowest BCUT2D eigenvalue weighted by atomic mass is 10.1. The first kappa shape index (κ1) is 13.1. The standard InChI is InChI=1S/C14H18BrN3/c1-3-9-18-12(4-2)17-13(14(18)16)10-5-7-11(15)8-6-10/h5-8H,3-4,9,16H2,1-2H3. The number of anilines is 1. The van der Waals surface area contributed by atoms with E-state index in [-0.39, 0.29) is 0 Å². The first-order valence-corrected chi connectivity index (χ1v) is 7.07. The van der Waals surface area contributed by atoms with Gasteiger partial charge in [0.05, 0.1) is 0 Å². The number of aromatic nitrogens is 2. The molecule has 0 saturated heterocycles. The third-order valence-electron chi connectivity index (χ3n) is 2.97. The van der Waals surface area contributed by atoms with Crippen LogP contribution < -0.4 is 5.73 Å². The summed E-state index contributed by atoms with van der Waals surface area (Å²) in [5, 5.41) is 0. The molecule has 4 heteroatoms. The Balaban J connectivity index is 2.48. The Morgan fingerprint density at radius 3 is 2.44 bits per heavy atom. The van der Waals surface area contributed by atoms with Crippen LogP contribution in [0.1, 0.15) is 26.1 Å². The molecule has 0 amide bonds. The van der Waals surface area contributed by atoms with Gasteiger partial charge >= 0.3 is 0 Å². The van der Waals surface area contributed by atoms with Gasteiger partial charge in [0, 0.05) is 23.0 Å². The van der Waals surface area contributed by atoms with E-state index in [9.17, 15) is 0 Å². The van der Waals surface area contributed by atoms with Crippen molar-refractivity contribution in [3.8, 4) is 11.3 Å². The van der Waals surface area contributed by atoms with Crippen LogP contribution in [0.15, 0.2) is 28.7 Å². The van der Waals surface area contributed by atoms with E-state index >= 15 is 0 Å². The summed E-state index contributed by atoms with van der Waals surface area (Å²) in [6.45, 7) is 5.19. The normalized spacial score (nSPS) is 10.8. The molecular weight excluding hydrogens is 290 g/mol. The van der Waals surface area contributed by atoms with E-state index in [1.54, 1.807) is 0 Å². The van der Waals surface area contributed by atoms with Gasteiger partial charge in [-0.05, 0) is 18.6 Å². The predicted octanol–water partition coefficient (Wildman–Crippen LogP) is 3.87. The first-order chi connectivity index (χ1) is 8.67. The molecular formula is C14H18BrN3. The highest BCUT2D eigenvalue weighted by molar-refractivity contribution is 9.10. The fourth-order valence-corrected chi connectivity index (χ4v) is 2.34. The summed E-state index contributed by atoms with van der Waals surface area (Å²) in [6, 6.07) is 8.11. The molecule has 0 radical (unpaired) electrons. The molecule has 0 atom stereocenters. The van der Waals surface area contributed by atoms with E-state index in [1.165, 1.54) is 0 Å². The molecule has 1 aromatic carbocycles. The van der Waals surface area contributed by atoms with Crippen LogP contribution in [0.5, 0.6) is 0 Å². The summed E-state index contributed by atoms with van der Waals surface area (Å²) < 4.78 is 3.19. The summed E-state index contributed by atoms with van der Waals surface area (Å²) >= 11 is 3.44. The molecule has 18 heavy (non-hydrogen) atoms. The monoisotopic (exact) mass is 307 g/mol. The number of nitrogens with zero attached hydrogens (tertiary/aromatic N) is 2. The van der Waals surface area contributed by atoms with Gasteiger partial charge < -0.3 is 10.3 Å². The molecule has 2 N–H and O–H groups in total. The smallest absolute Gasteiger partial charge is 0.131 e. The molecule has 2 aromatic rings. The molecule has 0 aliphatic heterocycles. The van der Waals surface area contributed by atoms with Crippen molar-refractivity contribution in [2.45, 2.75) is 33.2 Å². The van der Waals surface area contributed by atoms with Crippen molar-refractivity contribution in [3.05, 3.63) is 34.6 Å². The Morgan fingerprint density at radius 2 is 1.89 bits per heavy atom. The molecule has 0 spiro atoms. The number of imidazole rings is 1. The highest BCUT2D eigenvalue weighted by atomic mass is 79.9.